The molecule has 20 heavy (non-hydrogen) atoms. The van der Waals surface area contributed by atoms with Crippen LogP contribution >= 0.6 is 0 Å². The highest BCUT2D eigenvalue weighted by atomic mass is 16.6. The largest absolute Gasteiger partial charge is 0.382 e. The number of nitrogens with zero attached hydrogens (tertiary/aromatic N) is 6. The van der Waals surface area contributed by atoms with Crippen molar-refractivity contribution in [3.05, 3.63) is 41.7 Å². The fourth-order valence-electron chi connectivity index (χ4n) is 1.76. The molecule has 0 atom stereocenters. The summed E-state index contributed by atoms with van der Waals surface area (Å²) in [6, 6.07) is 9.50. The van der Waals surface area contributed by atoms with Crippen LogP contribution in [0.4, 0.5) is 0 Å². The molecule has 3 aromatic rings. The number of hydrogen-bond donors (Lipinski definition) is 2. The molecule has 9 heteroatoms. The van der Waals surface area contributed by atoms with Gasteiger partial charge in [-0.25, -0.2) is 9.31 Å². The van der Waals surface area contributed by atoms with Gasteiger partial charge in [-0.3, -0.25) is 5.41 Å². The summed E-state index contributed by atoms with van der Waals surface area (Å²) in [7, 11) is 0. The van der Waals surface area contributed by atoms with Crippen molar-refractivity contribution in [1.82, 2.24) is 30.5 Å². The number of hydrogen-bond acceptors (Lipinski definition) is 7. The lowest BCUT2D eigenvalue weighted by Crippen LogP contribution is -2.16. The summed E-state index contributed by atoms with van der Waals surface area (Å²) in [4.78, 5) is 0. The zero-order valence-electron chi connectivity index (χ0n) is 10.3. The van der Waals surface area contributed by atoms with E-state index in [-0.39, 0.29) is 18.1 Å². The van der Waals surface area contributed by atoms with Crippen LogP contribution in [-0.4, -0.2) is 36.4 Å². The van der Waals surface area contributed by atoms with Gasteiger partial charge in [0.15, 0.2) is 11.5 Å². The van der Waals surface area contributed by atoms with Gasteiger partial charge in [0, 0.05) is 5.56 Å². The molecule has 9 nitrogen and oxygen atoms in total. The fraction of sp³-hybridized carbons (Fsp3) is 0.0909. The minimum absolute atomic E-state index is 0.194. The van der Waals surface area contributed by atoms with E-state index < -0.39 is 0 Å². The van der Waals surface area contributed by atoms with Crippen molar-refractivity contribution in [1.29, 1.82) is 5.41 Å². The average molecular weight is 270 g/mol. The molecule has 0 aliphatic rings. The number of amidine groups is 1. The molecule has 0 aliphatic heterocycles. The molecular formula is C11H10N8O. The van der Waals surface area contributed by atoms with Crippen molar-refractivity contribution in [3.8, 4) is 11.4 Å². The van der Waals surface area contributed by atoms with E-state index in [0.29, 0.717) is 11.5 Å². The van der Waals surface area contributed by atoms with Crippen LogP contribution in [0.25, 0.3) is 11.4 Å². The van der Waals surface area contributed by atoms with Crippen LogP contribution in [0.5, 0.6) is 0 Å². The molecule has 2 heterocycles. The predicted octanol–water partition coefficient (Wildman–Crippen LogP) is 0.0555. The maximum Gasteiger partial charge on any atom is 0.182 e. The lowest BCUT2D eigenvalue weighted by atomic mass is 10.2. The predicted molar refractivity (Wildman–Crippen MR) is 67.7 cm³/mol. The van der Waals surface area contributed by atoms with Crippen molar-refractivity contribution in [3.63, 3.8) is 0 Å². The van der Waals surface area contributed by atoms with E-state index in [1.54, 1.807) is 4.68 Å². The normalized spacial score (nSPS) is 10.6. The van der Waals surface area contributed by atoms with Gasteiger partial charge in [0.1, 0.15) is 11.5 Å². The highest BCUT2D eigenvalue weighted by Crippen LogP contribution is 2.16. The summed E-state index contributed by atoms with van der Waals surface area (Å²) in [5, 5.41) is 26.2. The van der Waals surface area contributed by atoms with Crippen molar-refractivity contribution < 1.29 is 4.63 Å². The molecule has 0 aliphatic carbocycles. The van der Waals surface area contributed by atoms with Crippen LogP contribution in [-0.2, 0) is 6.54 Å². The fourth-order valence-corrected chi connectivity index (χ4v) is 1.76. The Bertz CT molecular complexity index is 732. The van der Waals surface area contributed by atoms with Crippen LogP contribution in [0.1, 0.15) is 11.4 Å². The van der Waals surface area contributed by atoms with Crippen LogP contribution in [0, 0.1) is 5.41 Å². The summed E-state index contributed by atoms with van der Waals surface area (Å²) in [5.41, 5.74) is 6.87. The SMILES string of the molecule is N=C(N)c1nonc1Cn1nnnc1-c1ccccc1. The van der Waals surface area contributed by atoms with Crippen LogP contribution in [0.3, 0.4) is 0 Å². The van der Waals surface area contributed by atoms with Crippen molar-refractivity contribution in [2.45, 2.75) is 6.54 Å². The molecule has 1 aromatic carbocycles. The Morgan fingerprint density at radius 3 is 2.80 bits per heavy atom. The highest BCUT2D eigenvalue weighted by molar-refractivity contribution is 5.93. The molecule has 0 spiro atoms. The monoisotopic (exact) mass is 270 g/mol. The lowest BCUT2D eigenvalue weighted by molar-refractivity contribution is 0.301. The van der Waals surface area contributed by atoms with E-state index >= 15 is 0 Å². The van der Waals surface area contributed by atoms with Crippen LogP contribution in [0.15, 0.2) is 35.0 Å². The lowest BCUT2D eigenvalue weighted by Gasteiger charge is -2.02. The number of nitrogens with one attached hydrogen (secondary N) is 1. The van der Waals surface area contributed by atoms with Gasteiger partial charge in [0.2, 0.25) is 0 Å². The van der Waals surface area contributed by atoms with E-state index in [2.05, 4.69) is 30.5 Å². The first-order chi connectivity index (χ1) is 9.75. The Morgan fingerprint density at radius 2 is 2.05 bits per heavy atom. The maximum absolute atomic E-state index is 7.39. The second-order valence-corrected chi connectivity index (χ2v) is 4.00. The molecule has 0 saturated carbocycles. The third kappa shape index (κ3) is 2.11. The minimum Gasteiger partial charge on any atom is -0.382 e. The van der Waals surface area contributed by atoms with Gasteiger partial charge in [-0.05, 0) is 15.6 Å². The molecule has 2 aromatic heterocycles. The van der Waals surface area contributed by atoms with Gasteiger partial charge >= 0.3 is 0 Å². The van der Waals surface area contributed by atoms with E-state index in [0.717, 1.165) is 5.56 Å². The molecule has 0 saturated heterocycles. The standard InChI is InChI=1S/C11H10N8O/c12-10(13)9-8(15-20-16-9)6-19-11(14-17-18-19)7-4-2-1-3-5-7/h1-5H,6H2,(H3,12,13). The number of rotatable bonds is 4. The zero-order valence-corrected chi connectivity index (χ0v) is 10.3. The molecule has 0 fully saturated rings. The summed E-state index contributed by atoms with van der Waals surface area (Å²) < 4.78 is 6.14. The number of benzene rings is 1. The van der Waals surface area contributed by atoms with Gasteiger partial charge in [0.25, 0.3) is 0 Å². The molecule has 0 unspecified atom stereocenters. The second kappa shape index (κ2) is 4.88. The molecule has 3 N–H and O–H groups in total. The van der Waals surface area contributed by atoms with E-state index in [4.69, 9.17) is 11.1 Å². The Labute approximate surface area is 112 Å². The minimum atomic E-state index is -0.212. The summed E-state index contributed by atoms with van der Waals surface area (Å²) >= 11 is 0. The Balaban J connectivity index is 1.95. The quantitative estimate of drug-likeness (QED) is 0.505. The molecular weight excluding hydrogens is 260 g/mol. The average Bonchev–Trinajstić information content (AvgIpc) is 3.09. The number of nitrogens with two attached hydrogens (primary N) is 1. The zero-order chi connectivity index (χ0) is 13.9. The van der Waals surface area contributed by atoms with E-state index in [1.165, 1.54) is 0 Å². The van der Waals surface area contributed by atoms with Gasteiger partial charge in [0.05, 0.1) is 6.54 Å². The Kier molecular flexibility index (Phi) is 2.92. The summed E-state index contributed by atoms with van der Waals surface area (Å²) in [6.45, 7) is 0.218. The first-order valence-electron chi connectivity index (χ1n) is 5.73. The number of tetrazole rings is 1. The number of nitrogen functional groups attached to an aromatic ring is 1. The maximum atomic E-state index is 7.39. The molecule has 0 amide bonds. The van der Waals surface area contributed by atoms with Crippen molar-refractivity contribution >= 4 is 5.84 Å². The van der Waals surface area contributed by atoms with Gasteiger partial charge in [-0.1, -0.05) is 35.5 Å². The van der Waals surface area contributed by atoms with Crippen LogP contribution < -0.4 is 5.73 Å². The topological polar surface area (TPSA) is 132 Å². The van der Waals surface area contributed by atoms with E-state index in [1.807, 2.05) is 30.3 Å². The summed E-state index contributed by atoms with van der Waals surface area (Å²) in [6.07, 6.45) is 0. The Hall–Kier alpha value is -3.10. The van der Waals surface area contributed by atoms with Gasteiger partial charge in [-0.15, -0.1) is 5.10 Å². The Morgan fingerprint density at radius 1 is 1.25 bits per heavy atom. The first kappa shape index (κ1) is 12.0. The smallest absolute Gasteiger partial charge is 0.182 e. The number of aromatic nitrogens is 6. The third-order valence-corrected chi connectivity index (χ3v) is 2.68. The van der Waals surface area contributed by atoms with Crippen LogP contribution in [0.2, 0.25) is 0 Å². The third-order valence-electron chi connectivity index (χ3n) is 2.68. The van der Waals surface area contributed by atoms with E-state index in [9.17, 15) is 0 Å². The molecule has 0 radical (unpaired) electrons. The van der Waals surface area contributed by atoms with Crippen molar-refractivity contribution in [2.24, 2.45) is 5.73 Å². The second-order valence-electron chi connectivity index (χ2n) is 4.00. The highest BCUT2D eigenvalue weighted by Gasteiger charge is 2.16. The van der Waals surface area contributed by atoms with Gasteiger partial charge in [-0.2, -0.15) is 0 Å². The van der Waals surface area contributed by atoms with Crippen molar-refractivity contribution in [2.75, 3.05) is 0 Å². The molecule has 100 valence electrons. The van der Waals surface area contributed by atoms with Gasteiger partial charge < -0.3 is 5.73 Å². The summed E-state index contributed by atoms with van der Waals surface area (Å²) in [5.74, 6) is 0.374. The molecule has 0 bridgehead atoms. The molecule has 3 rings (SSSR count). The first-order valence-corrected chi connectivity index (χ1v) is 5.73.